The van der Waals surface area contributed by atoms with Gasteiger partial charge in [0.25, 0.3) is 0 Å². The van der Waals surface area contributed by atoms with E-state index in [1.807, 2.05) is 6.92 Å². The van der Waals surface area contributed by atoms with E-state index in [9.17, 15) is 31.1 Å². The van der Waals surface area contributed by atoms with Crippen molar-refractivity contribution in [2.45, 2.75) is 71.5 Å². The molecule has 0 radical (unpaired) electrons. The summed E-state index contributed by atoms with van der Waals surface area (Å²) in [6, 6.07) is 2.07. The molecule has 2 atom stereocenters. The minimum absolute atomic E-state index is 0.0398. The molecule has 0 bridgehead atoms. The van der Waals surface area contributed by atoms with E-state index >= 15 is 0 Å². The molecule has 4 rings (SSSR count). The van der Waals surface area contributed by atoms with E-state index < -0.39 is 48.2 Å². The number of carbonyl (C=O) groups excluding carboxylic acids is 1. The molecule has 1 aliphatic heterocycles. The maximum Gasteiger partial charge on any atom is 0.416 e. The number of amides is 1. The van der Waals surface area contributed by atoms with E-state index in [0.717, 1.165) is 0 Å². The molecule has 0 saturated carbocycles. The molecule has 9 nitrogen and oxygen atoms in total. The van der Waals surface area contributed by atoms with Crippen molar-refractivity contribution in [2.75, 3.05) is 34.9 Å². The second-order valence-electron chi connectivity index (χ2n) is 10.6. The fourth-order valence-electron chi connectivity index (χ4n) is 5.56. The van der Waals surface area contributed by atoms with Crippen molar-refractivity contribution >= 4 is 23.4 Å². The third-order valence-corrected chi connectivity index (χ3v) is 7.43. The maximum atomic E-state index is 13.8. The van der Waals surface area contributed by atoms with Crippen LogP contribution in [0.4, 0.5) is 48.5 Å². The molecule has 15 heteroatoms. The molecule has 0 fully saturated rings. The summed E-state index contributed by atoms with van der Waals surface area (Å²) >= 11 is 0. The SMILES string of the molecule is CCOC(=O)N1c2c(cc(C)nc2C)C(N(Cc2cc(C(F)(F)F)cc(C(F)(F)F)c2)c2ncc(NCCO)cn2)CC1CC. The summed E-state index contributed by atoms with van der Waals surface area (Å²) in [5.74, 6) is 0.0398. The predicted octanol–water partition coefficient (Wildman–Crippen LogP) is 6.82. The van der Waals surface area contributed by atoms with Crippen LogP contribution in [0, 0.1) is 13.8 Å². The van der Waals surface area contributed by atoms with Crippen LogP contribution in [0.25, 0.3) is 0 Å². The molecular weight excluding hydrogens is 606 g/mol. The fraction of sp³-hybridized carbons (Fsp3) is 0.467. The zero-order valence-corrected chi connectivity index (χ0v) is 25.1. The average Bonchev–Trinajstić information content (AvgIpc) is 2.97. The average molecular weight is 641 g/mol. The van der Waals surface area contributed by atoms with Crippen molar-refractivity contribution in [3.8, 4) is 0 Å². The van der Waals surface area contributed by atoms with Crippen LogP contribution in [0.1, 0.15) is 66.4 Å². The fourth-order valence-corrected chi connectivity index (χ4v) is 5.56. The quantitative estimate of drug-likeness (QED) is 0.246. The molecule has 1 aliphatic rings. The van der Waals surface area contributed by atoms with E-state index in [-0.39, 0.29) is 43.8 Å². The summed E-state index contributed by atoms with van der Waals surface area (Å²) in [6.45, 7) is 6.75. The Balaban J connectivity index is 1.92. The highest BCUT2D eigenvalue weighted by molar-refractivity contribution is 5.91. The van der Waals surface area contributed by atoms with Crippen LogP contribution in [0.5, 0.6) is 0 Å². The van der Waals surface area contributed by atoms with Crippen LogP contribution in [0.3, 0.4) is 0 Å². The Morgan fingerprint density at radius 2 is 1.67 bits per heavy atom. The lowest BCUT2D eigenvalue weighted by molar-refractivity contribution is -0.143. The summed E-state index contributed by atoms with van der Waals surface area (Å²) in [4.78, 5) is 29.6. The first-order chi connectivity index (χ1) is 21.2. The number of anilines is 3. The smallest absolute Gasteiger partial charge is 0.416 e. The minimum atomic E-state index is -5.03. The topological polar surface area (TPSA) is 104 Å². The highest BCUT2D eigenvalue weighted by Crippen LogP contribution is 2.45. The van der Waals surface area contributed by atoms with Gasteiger partial charge < -0.3 is 20.1 Å². The van der Waals surface area contributed by atoms with Gasteiger partial charge in [-0.2, -0.15) is 26.3 Å². The number of benzene rings is 1. The molecule has 3 heterocycles. The van der Waals surface area contributed by atoms with Gasteiger partial charge in [-0.15, -0.1) is 0 Å². The van der Waals surface area contributed by atoms with Gasteiger partial charge in [0.05, 0.1) is 59.8 Å². The number of nitrogens with zero attached hydrogens (tertiary/aromatic N) is 5. The van der Waals surface area contributed by atoms with Gasteiger partial charge in [-0.1, -0.05) is 6.92 Å². The van der Waals surface area contributed by atoms with Crippen LogP contribution in [0.15, 0.2) is 36.7 Å². The molecular formula is C30H34F6N6O3. The van der Waals surface area contributed by atoms with Gasteiger partial charge in [-0.25, -0.2) is 14.8 Å². The van der Waals surface area contributed by atoms with E-state index in [2.05, 4.69) is 20.3 Å². The van der Waals surface area contributed by atoms with Gasteiger partial charge in [0, 0.05) is 30.4 Å². The van der Waals surface area contributed by atoms with Gasteiger partial charge in [-0.3, -0.25) is 9.88 Å². The molecule has 1 amide bonds. The van der Waals surface area contributed by atoms with E-state index in [1.165, 1.54) is 17.3 Å². The molecule has 2 aromatic heterocycles. The molecule has 244 valence electrons. The Hall–Kier alpha value is -4.14. The molecule has 3 aromatic rings. The number of aliphatic hydroxyl groups excluding tert-OH is 1. The van der Waals surface area contributed by atoms with Gasteiger partial charge in [0.1, 0.15) is 0 Å². The number of hydrogen-bond donors (Lipinski definition) is 2. The van der Waals surface area contributed by atoms with Crippen molar-refractivity contribution in [3.63, 3.8) is 0 Å². The number of nitrogens with one attached hydrogen (secondary N) is 1. The molecule has 2 N–H and O–H groups in total. The first kappa shape index (κ1) is 33.7. The number of hydrogen-bond acceptors (Lipinski definition) is 8. The van der Waals surface area contributed by atoms with E-state index in [1.54, 1.807) is 31.7 Å². The Morgan fingerprint density at radius 3 is 2.20 bits per heavy atom. The number of aryl methyl sites for hydroxylation is 2. The Morgan fingerprint density at radius 1 is 1.04 bits per heavy atom. The molecule has 0 aliphatic carbocycles. The minimum Gasteiger partial charge on any atom is -0.449 e. The molecule has 2 unspecified atom stereocenters. The number of ether oxygens (including phenoxy) is 1. The van der Waals surface area contributed by atoms with E-state index in [4.69, 9.17) is 9.84 Å². The summed E-state index contributed by atoms with van der Waals surface area (Å²) < 4.78 is 88.0. The lowest BCUT2D eigenvalue weighted by Gasteiger charge is -2.44. The largest absolute Gasteiger partial charge is 0.449 e. The van der Waals surface area contributed by atoms with Gasteiger partial charge in [-0.05, 0) is 63.4 Å². The van der Waals surface area contributed by atoms with Gasteiger partial charge in [0.15, 0.2) is 0 Å². The summed E-state index contributed by atoms with van der Waals surface area (Å²) in [7, 11) is 0. The lowest BCUT2D eigenvalue weighted by atomic mass is 9.88. The first-order valence-electron chi connectivity index (χ1n) is 14.3. The predicted molar refractivity (Wildman–Crippen MR) is 155 cm³/mol. The monoisotopic (exact) mass is 640 g/mol. The highest BCUT2D eigenvalue weighted by atomic mass is 19.4. The van der Waals surface area contributed by atoms with Crippen molar-refractivity contribution in [1.82, 2.24) is 15.0 Å². The number of pyridine rings is 1. The Bertz CT molecular complexity index is 1470. The number of carbonyl (C=O) groups is 1. The van der Waals surface area contributed by atoms with Gasteiger partial charge in [0.2, 0.25) is 5.95 Å². The van der Waals surface area contributed by atoms with Crippen molar-refractivity contribution in [2.24, 2.45) is 0 Å². The van der Waals surface area contributed by atoms with Crippen LogP contribution < -0.4 is 15.1 Å². The van der Waals surface area contributed by atoms with Crippen LogP contribution in [-0.2, 0) is 23.6 Å². The number of halogens is 6. The maximum absolute atomic E-state index is 13.8. The first-order valence-corrected chi connectivity index (χ1v) is 14.3. The summed E-state index contributed by atoms with van der Waals surface area (Å²) in [5.41, 5.74) is -0.547. The number of aromatic nitrogens is 3. The third-order valence-electron chi connectivity index (χ3n) is 7.43. The Kier molecular flexibility index (Phi) is 10.1. The van der Waals surface area contributed by atoms with Crippen LogP contribution >= 0.6 is 0 Å². The van der Waals surface area contributed by atoms with E-state index in [0.29, 0.717) is 46.9 Å². The van der Waals surface area contributed by atoms with Crippen molar-refractivity contribution < 1.29 is 41.0 Å². The van der Waals surface area contributed by atoms with Crippen LogP contribution in [0.2, 0.25) is 0 Å². The summed E-state index contributed by atoms with van der Waals surface area (Å²) in [5, 5.41) is 12.0. The zero-order chi connectivity index (χ0) is 33.1. The molecule has 1 aromatic carbocycles. The number of fused-ring (bicyclic) bond motifs is 1. The highest BCUT2D eigenvalue weighted by Gasteiger charge is 2.42. The normalized spacial score (nSPS) is 16.7. The third kappa shape index (κ3) is 7.57. The standard InChI is InChI=1S/C30H34F6N6O3/c1-5-23-13-25(24-9-17(3)40-18(4)26(24)42(23)28(44)45-6-2)41(27-38-14-22(15-39-27)37-7-8-43)16-19-10-20(29(31,32)33)12-21(11-19)30(34,35)36/h9-12,14-15,23,25,37,43H,5-8,13,16H2,1-4H3. The Labute approximate surface area is 256 Å². The molecule has 0 spiro atoms. The molecule has 0 saturated heterocycles. The second kappa shape index (κ2) is 13.5. The van der Waals surface area contributed by atoms with Gasteiger partial charge >= 0.3 is 18.4 Å². The van der Waals surface area contributed by atoms with Crippen molar-refractivity contribution in [1.29, 1.82) is 0 Å². The number of alkyl halides is 6. The zero-order valence-electron chi connectivity index (χ0n) is 25.1. The summed E-state index contributed by atoms with van der Waals surface area (Å²) in [6.07, 6.45) is -7.12. The lowest BCUT2D eigenvalue weighted by Crippen LogP contribution is -2.48. The van der Waals surface area contributed by atoms with Crippen molar-refractivity contribution in [3.05, 3.63) is 70.3 Å². The number of rotatable bonds is 9. The number of aliphatic hydroxyl groups is 1. The molecule has 45 heavy (non-hydrogen) atoms. The second-order valence-corrected chi connectivity index (χ2v) is 10.6. The van der Waals surface area contributed by atoms with Crippen LogP contribution in [-0.4, -0.2) is 52.0 Å².